The van der Waals surface area contributed by atoms with E-state index in [1.54, 1.807) is 55.5 Å². The van der Waals surface area contributed by atoms with Crippen LogP contribution in [0.25, 0.3) is 0 Å². The molecule has 0 saturated heterocycles. The lowest BCUT2D eigenvalue weighted by molar-refractivity contribution is -0.142. The summed E-state index contributed by atoms with van der Waals surface area (Å²) >= 11 is 3.09. The van der Waals surface area contributed by atoms with Crippen molar-refractivity contribution in [3.63, 3.8) is 0 Å². The summed E-state index contributed by atoms with van der Waals surface area (Å²) in [6.45, 7) is 3.80. The molecule has 0 aliphatic carbocycles. The Kier molecular flexibility index (Phi) is 16.1. The molecule has 3 N–H and O–H groups in total. The number of Topliss-reactive ketones (excluding diaryl/α,β-unsaturated/α-hetero) is 1. The van der Waals surface area contributed by atoms with Crippen LogP contribution in [-0.4, -0.2) is 96.0 Å². The third kappa shape index (κ3) is 12.2. The van der Waals surface area contributed by atoms with Crippen LogP contribution in [0.4, 0.5) is 0 Å². The van der Waals surface area contributed by atoms with Gasteiger partial charge in [-0.05, 0) is 31.9 Å². The number of nitrogens with zero attached hydrogens (tertiary/aromatic N) is 1. The zero-order chi connectivity index (χ0) is 37.6. The summed E-state index contributed by atoms with van der Waals surface area (Å²) in [6, 6.07) is 11.6. The molecule has 4 atom stereocenters. The Labute approximate surface area is 313 Å². The highest BCUT2D eigenvalue weighted by Crippen LogP contribution is 2.23. The van der Waals surface area contributed by atoms with Gasteiger partial charge in [-0.2, -0.15) is 0 Å². The Morgan fingerprint density at radius 2 is 1.45 bits per heavy atom. The number of halogens is 1. The third-order valence-electron chi connectivity index (χ3n) is 7.44. The number of benzene rings is 2. The summed E-state index contributed by atoms with van der Waals surface area (Å²) in [5.41, 5.74) is -0.517. The summed E-state index contributed by atoms with van der Waals surface area (Å²) in [5, 5.41) is 8.59. The standard InChI is InChI=1S/C35H41IN4O10S/c1-21-37-16-29(51-21)33(45)40-28(19-48-5)32(44)39-27(18-47-4)31(43)38-26(15-23-11-7-6-8-12-23)30(42)35(3,20-36)50-34(46)25-14-10-9-13-24(25)17-49-22(2)41/h6-14,16,26-28H,15,17-20H2,1-5H3,(H,38,43)(H,39,44)(H,40,45)/t26-,27-,28-,35?/m0/s1. The molecule has 51 heavy (non-hydrogen) atoms. The van der Waals surface area contributed by atoms with E-state index in [1.807, 2.05) is 22.6 Å². The van der Waals surface area contributed by atoms with Gasteiger partial charge in [-0.25, -0.2) is 9.78 Å². The number of ether oxygens (including phenoxy) is 4. The number of ketones is 1. The van der Waals surface area contributed by atoms with E-state index in [0.29, 0.717) is 21.0 Å². The van der Waals surface area contributed by atoms with Crippen LogP contribution in [0.1, 0.15) is 50.0 Å². The van der Waals surface area contributed by atoms with E-state index in [-0.39, 0.29) is 36.2 Å². The van der Waals surface area contributed by atoms with Gasteiger partial charge in [-0.15, -0.1) is 11.3 Å². The van der Waals surface area contributed by atoms with Crippen LogP contribution in [0.3, 0.4) is 0 Å². The van der Waals surface area contributed by atoms with Gasteiger partial charge >= 0.3 is 11.9 Å². The topological polar surface area (TPSA) is 188 Å². The Hall–Kier alpha value is -4.26. The number of rotatable bonds is 19. The number of alkyl halides is 1. The molecule has 3 aromatic rings. The molecule has 0 aliphatic rings. The van der Waals surface area contributed by atoms with Gasteiger partial charge in [0.2, 0.25) is 11.8 Å². The molecular formula is C35H41IN4O10S. The minimum atomic E-state index is -1.72. The normalized spacial score (nSPS) is 13.8. The highest BCUT2D eigenvalue weighted by Gasteiger charge is 2.42. The largest absolute Gasteiger partial charge is 0.461 e. The number of thiazole rings is 1. The van der Waals surface area contributed by atoms with Crippen LogP contribution in [0.5, 0.6) is 0 Å². The summed E-state index contributed by atoms with van der Waals surface area (Å²) in [7, 11) is 2.70. The summed E-state index contributed by atoms with van der Waals surface area (Å²) in [6.07, 6.45) is 1.42. The van der Waals surface area contributed by atoms with Gasteiger partial charge in [0.15, 0.2) is 11.4 Å². The van der Waals surface area contributed by atoms with Gasteiger partial charge < -0.3 is 34.9 Å². The average Bonchev–Trinajstić information content (AvgIpc) is 3.56. The van der Waals surface area contributed by atoms with Crippen LogP contribution >= 0.6 is 33.9 Å². The number of amides is 3. The van der Waals surface area contributed by atoms with Gasteiger partial charge in [0, 0.05) is 31.1 Å². The van der Waals surface area contributed by atoms with Gasteiger partial charge in [0.25, 0.3) is 5.91 Å². The number of hydrogen-bond acceptors (Lipinski definition) is 12. The minimum absolute atomic E-state index is 0.0263. The molecule has 2 aromatic carbocycles. The fraction of sp³-hybridized carbons (Fsp3) is 0.400. The van der Waals surface area contributed by atoms with Crippen molar-refractivity contribution in [2.75, 3.05) is 31.9 Å². The van der Waals surface area contributed by atoms with Crippen LogP contribution in [-0.2, 0) is 51.2 Å². The molecule has 0 saturated carbocycles. The molecular weight excluding hydrogens is 795 g/mol. The zero-order valence-corrected chi connectivity index (χ0v) is 31.8. The van der Waals surface area contributed by atoms with Gasteiger partial charge in [-0.1, -0.05) is 71.1 Å². The quantitative estimate of drug-likeness (QED) is 0.0916. The van der Waals surface area contributed by atoms with Crippen LogP contribution < -0.4 is 16.0 Å². The molecule has 0 radical (unpaired) electrons. The molecule has 0 fully saturated rings. The van der Waals surface area contributed by atoms with Crippen molar-refractivity contribution in [3.8, 4) is 0 Å². The Bertz CT molecular complexity index is 1690. The second kappa shape index (κ2) is 20.0. The molecule has 1 heterocycles. The fourth-order valence-corrected chi connectivity index (χ4v) is 6.01. The van der Waals surface area contributed by atoms with E-state index in [1.165, 1.54) is 40.3 Å². The maximum absolute atomic E-state index is 14.3. The van der Waals surface area contributed by atoms with Crippen LogP contribution in [0.2, 0.25) is 0 Å². The van der Waals surface area contributed by atoms with Crippen molar-refractivity contribution in [1.82, 2.24) is 20.9 Å². The lowest BCUT2D eigenvalue weighted by Crippen LogP contribution is -2.60. The average molecular weight is 837 g/mol. The van der Waals surface area contributed by atoms with Gasteiger partial charge in [0.05, 0.1) is 36.0 Å². The number of carbonyl (C=O) groups excluding carboxylic acids is 6. The SMILES string of the molecule is COC[C@H](NC(=O)c1cnc(C)s1)C(=O)N[C@@H](COC)C(=O)N[C@@H](Cc1ccccc1)C(=O)C(C)(CI)OC(=O)c1ccccc1COC(C)=O. The molecule has 0 aliphatic heterocycles. The minimum Gasteiger partial charge on any atom is -0.461 e. The van der Waals surface area contributed by atoms with E-state index in [4.69, 9.17) is 18.9 Å². The molecule has 1 aromatic heterocycles. The lowest BCUT2D eigenvalue weighted by Gasteiger charge is -2.32. The number of methoxy groups -OCH3 is 2. The molecule has 274 valence electrons. The molecule has 16 heteroatoms. The zero-order valence-electron chi connectivity index (χ0n) is 28.9. The number of esters is 2. The Morgan fingerprint density at radius 3 is 2.02 bits per heavy atom. The maximum atomic E-state index is 14.3. The van der Waals surface area contributed by atoms with E-state index in [2.05, 4.69) is 20.9 Å². The van der Waals surface area contributed by atoms with Crippen LogP contribution in [0.15, 0.2) is 60.8 Å². The summed E-state index contributed by atoms with van der Waals surface area (Å²) in [4.78, 5) is 83.5. The first-order chi connectivity index (χ1) is 24.3. The number of hydrogen-bond donors (Lipinski definition) is 3. The number of aromatic nitrogens is 1. The third-order valence-corrected chi connectivity index (χ3v) is 9.81. The molecule has 1 unspecified atom stereocenters. The smallest absolute Gasteiger partial charge is 0.339 e. The highest BCUT2D eigenvalue weighted by atomic mass is 127. The molecule has 3 rings (SSSR count). The van der Waals surface area contributed by atoms with Crippen molar-refractivity contribution in [2.24, 2.45) is 0 Å². The molecule has 0 bridgehead atoms. The Balaban J connectivity index is 1.85. The highest BCUT2D eigenvalue weighted by molar-refractivity contribution is 14.1. The predicted octanol–water partition coefficient (Wildman–Crippen LogP) is 2.74. The summed E-state index contributed by atoms with van der Waals surface area (Å²) < 4.78 is 21.3. The molecule has 14 nitrogen and oxygen atoms in total. The van der Waals surface area contributed by atoms with Gasteiger partial charge in [-0.3, -0.25) is 24.0 Å². The Morgan fingerprint density at radius 1 is 0.863 bits per heavy atom. The van der Waals surface area contributed by atoms with E-state index in [9.17, 15) is 28.8 Å². The van der Waals surface area contributed by atoms with E-state index in [0.717, 1.165) is 11.3 Å². The second-order valence-corrected chi connectivity index (χ2v) is 13.5. The summed E-state index contributed by atoms with van der Waals surface area (Å²) in [5.74, 6) is -3.98. The number of aryl methyl sites for hydroxylation is 1. The maximum Gasteiger partial charge on any atom is 0.339 e. The monoisotopic (exact) mass is 836 g/mol. The van der Waals surface area contributed by atoms with Gasteiger partial charge in [0.1, 0.15) is 23.6 Å². The number of carbonyl (C=O) groups is 6. The second-order valence-electron chi connectivity index (χ2n) is 11.5. The lowest BCUT2D eigenvalue weighted by atomic mass is 9.91. The first kappa shape index (κ1) is 41.2. The predicted molar refractivity (Wildman–Crippen MR) is 195 cm³/mol. The molecule has 3 amide bonds. The van der Waals surface area contributed by atoms with Crippen molar-refractivity contribution in [2.45, 2.75) is 57.5 Å². The van der Waals surface area contributed by atoms with Crippen LogP contribution in [0, 0.1) is 6.92 Å². The van der Waals surface area contributed by atoms with E-state index < -0.39 is 59.2 Å². The first-order valence-electron chi connectivity index (χ1n) is 15.7. The van der Waals surface area contributed by atoms with E-state index >= 15 is 0 Å². The van der Waals surface area contributed by atoms with Crippen molar-refractivity contribution in [3.05, 3.63) is 87.4 Å². The molecule has 0 spiro atoms. The van der Waals surface area contributed by atoms with Crippen molar-refractivity contribution < 1.29 is 47.7 Å². The van der Waals surface area contributed by atoms with Crippen molar-refractivity contribution >= 4 is 69.4 Å². The number of nitrogens with one attached hydrogen (secondary N) is 3. The fourth-order valence-electron chi connectivity index (χ4n) is 4.79. The van der Waals surface area contributed by atoms with Crippen molar-refractivity contribution in [1.29, 1.82) is 0 Å². The first-order valence-corrected chi connectivity index (χ1v) is 18.1.